The van der Waals surface area contributed by atoms with Crippen LogP contribution in [-0.2, 0) is 28.9 Å². The number of piperazine rings is 1. The molecule has 1 aromatic heterocycles. The number of carboxylic acid groups (broad SMARTS) is 1. The predicted octanol–water partition coefficient (Wildman–Crippen LogP) is 11.6. The van der Waals surface area contributed by atoms with Gasteiger partial charge in [-0.2, -0.15) is 13.2 Å². The van der Waals surface area contributed by atoms with Crippen LogP contribution in [0.15, 0.2) is 131 Å². The second kappa shape index (κ2) is 25.9. The van der Waals surface area contributed by atoms with E-state index in [1.807, 2.05) is 85.8 Å². The summed E-state index contributed by atoms with van der Waals surface area (Å²) in [5.41, 5.74) is 1.84. The molecular weight excluding hydrogens is 1120 g/mol. The highest BCUT2D eigenvalue weighted by Gasteiger charge is 2.48. The number of alkyl halides is 3. The number of sulfonamides is 1. The number of carbonyl (C=O) groups is 1. The van der Waals surface area contributed by atoms with Crippen LogP contribution >= 0.6 is 31.2 Å². The second-order valence-corrected chi connectivity index (χ2v) is 26.1. The molecule has 5 N–H and O–H groups in total. The SMILES string of the molecule is Cc1c(C(=O)O)c(-c2cccc(N3CCN(c4ccc(NS(C)(=O)=O)cc4)CC3)c2)c(-c2ccc(Cl)cc2)n1C(C)C.Cc1ccc(N[C@H](CCN2CCC(OP(=O)(O)O)CC2)CSc2ccccc2)c(S(=O)(=O)C(F)(F)F)c1. The lowest BCUT2D eigenvalue weighted by Gasteiger charge is -2.37. The van der Waals surface area contributed by atoms with Gasteiger partial charge < -0.3 is 39.5 Å². The number of anilines is 4. The first-order chi connectivity index (χ1) is 37.2. The number of rotatable bonds is 19. The topological polar surface area (TPSA) is 211 Å². The van der Waals surface area contributed by atoms with Crippen LogP contribution in [0.2, 0.25) is 5.02 Å². The van der Waals surface area contributed by atoms with E-state index in [0.29, 0.717) is 77.7 Å². The lowest BCUT2D eigenvalue weighted by atomic mass is 9.96. The number of benzene rings is 5. The van der Waals surface area contributed by atoms with Gasteiger partial charge in [-0.15, -0.1) is 11.8 Å². The summed E-state index contributed by atoms with van der Waals surface area (Å²) < 4.78 is 108. The Morgan fingerprint density at radius 1 is 0.810 bits per heavy atom. The number of likely N-dealkylation sites (tertiary alicyclic amines) is 1. The minimum atomic E-state index is -5.56. The van der Waals surface area contributed by atoms with Gasteiger partial charge >= 0.3 is 19.3 Å². The van der Waals surface area contributed by atoms with Crippen LogP contribution in [0, 0.1) is 13.8 Å². The molecule has 6 aromatic rings. The maximum atomic E-state index is 13.4. The number of aromatic nitrogens is 1. The highest BCUT2D eigenvalue weighted by molar-refractivity contribution is 7.99. The number of nitrogens with one attached hydrogen (secondary N) is 2. The third-order valence-corrected chi connectivity index (χ3v) is 17.6. The van der Waals surface area contributed by atoms with Crippen molar-refractivity contribution in [1.82, 2.24) is 9.47 Å². The first-order valence-corrected chi connectivity index (χ1v) is 31.7. The van der Waals surface area contributed by atoms with Crippen LogP contribution in [0.5, 0.6) is 0 Å². The van der Waals surface area contributed by atoms with Crippen LogP contribution in [0.1, 0.15) is 60.8 Å². The van der Waals surface area contributed by atoms with E-state index in [0.717, 1.165) is 71.6 Å². The van der Waals surface area contributed by atoms with E-state index >= 15 is 0 Å². The Balaban J connectivity index is 0.000000231. The summed E-state index contributed by atoms with van der Waals surface area (Å²) in [5, 5.41) is 14.0. The van der Waals surface area contributed by atoms with Crippen molar-refractivity contribution in [3.8, 4) is 22.4 Å². The fourth-order valence-electron chi connectivity index (χ4n) is 9.82. The molecular formula is C55H65ClF3N6O10PS3. The summed E-state index contributed by atoms with van der Waals surface area (Å²) in [6.07, 6.45) is 1.98. The van der Waals surface area contributed by atoms with Crippen molar-refractivity contribution in [3.05, 3.63) is 143 Å². The van der Waals surface area contributed by atoms with Crippen molar-refractivity contribution in [2.45, 2.75) is 80.4 Å². The summed E-state index contributed by atoms with van der Waals surface area (Å²) in [6, 6.07) is 36.2. The molecule has 0 saturated carbocycles. The van der Waals surface area contributed by atoms with Gasteiger partial charge in [-0.1, -0.05) is 60.1 Å². The smallest absolute Gasteiger partial charge is 0.478 e. The van der Waals surface area contributed by atoms with E-state index in [-0.39, 0.29) is 17.8 Å². The van der Waals surface area contributed by atoms with E-state index < -0.39 is 50.2 Å². The molecule has 0 spiro atoms. The fraction of sp³-hybridized carbons (Fsp3) is 0.364. The zero-order chi connectivity index (χ0) is 57.5. The van der Waals surface area contributed by atoms with Crippen LogP contribution < -0.4 is 19.8 Å². The third kappa shape index (κ3) is 16.3. The molecule has 79 heavy (non-hydrogen) atoms. The normalized spacial score (nSPS) is 15.4. The highest BCUT2D eigenvalue weighted by atomic mass is 35.5. The fourth-order valence-corrected chi connectivity index (χ4v) is 13.1. The van der Waals surface area contributed by atoms with Crippen molar-refractivity contribution >= 4 is 79.8 Å². The summed E-state index contributed by atoms with van der Waals surface area (Å²) >= 11 is 7.70. The Kier molecular flexibility index (Phi) is 20.0. The van der Waals surface area contributed by atoms with Crippen LogP contribution in [0.4, 0.5) is 35.9 Å². The van der Waals surface area contributed by atoms with Gasteiger partial charge in [0.2, 0.25) is 10.0 Å². The molecule has 2 fully saturated rings. The van der Waals surface area contributed by atoms with Gasteiger partial charge in [0.1, 0.15) is 0 Å². The average molecular weight is 1190 g/mol. The number of hydrogen-bond donors (Lipinski definition) is 5. The first kappa shape index (κ1) is 61.1. The average Bonchev–Trinajstić information content (AvgIpc) is 4.02. The first-order valence-electron chi connectivity index (χ1n) is 25.4. The number of aryl methyl sites for hydroxylation is 1. The van der Waals surface area contributed by atoms with Gasteiger partial charge in [0.05, 0.1) is 34.2 Å². The number of halogens is 4. The Morgan fingerprint density at radius 3 is 2.00 bits per heavy atom. The van der Waals surface area contributed by atoms with Crippen LogP contribution in [0.25, 0.3) is 22.4 Å². The standard InChI is InChI=1S/C32H35ClN4O4S.C23H30F3N2O6PS2/c1-21(2)37-22(3)29(32(38)39)30(31(37)23-8-10-25(33)11-9-23)24-6-5-7-28(20-24)36-18-16-35(17-19-36)27-14-12-26(13-15-27)34-42(4,40)41;1-17-7-8-21(22(15-17)37(32,33)23(24,25)26)27-18(16-36-20-5-3-2-4-6-20)9-12-28-13-10-19(11-14-28)34-35(29,30)31/h5-15,20-21,34H,16-19H2,1-4H3,(H,38,39);2-8,15,18-19,27H,9-14,16H2,1H3,(H2,29,30,31)/t;18-/m.1/s1. The maximum Gasteiger partial charge on any atom is 0.501 e. The van der Waals surface area contributed by atoms with E-state index in [1.54, 1.807) is 18.2 Å². The maximum absolute atomic E-state index is 13.4. The quantitative estimate of drug-likeness (QED) is 0.0377. The number of aromatic carboxylic acids is 1. The monoisotopic (exact) mass is 1190 g/mol. The lowest BCUT2D eigenvalue weighted by Crippen LogP contribution is -2.46. The van der Waals surface area contributed by atoms with Crippen molar-refractivity contribution < 1.29 is 58.8 Å². The minimum Gasteiger partial charge on any atom is -0.478 e. The number of phosphoric ester groups is 1. The number of thioether (sulfide) groups is 1. The number of nitrogens with zero attached hydrogens (tertiary/aromatic N) is 4. The summed E-state index contributed by atoms with van der Waals surface area (Å²) in [4.78, 5) is 37.5. The van der Waals surface area contributed by atoms with Gasteiger partial charge in [0.15, 0.2) is 0 Å². The molecule has 5 aromatic carbocycles. The molecule has 1 atom stereocenters. The molecule has 16 nitrogen and oxygen atoms in total. The zero-order valence-corrected chi connectivity index (χ0v) is 48.3. The largest absolute Gasteiger partial charge is 0.501 e. The van der Waals surface area contributed by atoms with Crippen molar-refractivity contribution in [3.63, 3.8) is 0 Å². The summed E-state index contributed by atoms with van der Waals surface area (Å²) in [7, 11) is -13.4. The van der Waals surface area contributed by atoms with Gasteiger partial charge in [-0.05, 0) is 136 Å². The number of piperidine rings is 1. The van der Waals surface area contributed by atoms with Gasteiger partial charge in [-0.25, -0.2) is 26.2 Å². The Hall–Kier alpha value is -5.55. The molecule has 2 saturated heterocycles. The van der Waals surface area contributed by atoms with Gasteiger partial charge in [0, 0.05) is 102 Å². The van der Waals surface area contributed by atoms with E-state index in [4.69, 9.17) is 25.9 Å². The highest BCUT2D eigenvalue weighted by Crippen LogP contribution is 2.43. The van der Waals surface area contributed by atoms with Crippen LogP contribution in [0.3, 0.4) is 0 Å². The van der Waals surface area contributed by atoms with Crippen molar-refractivity contribution in [1.29, 1.82) is 0 Å². The minimum absolute atomic E-state index is 0.0509. The van der Waals surface area contributed by atoms with Crippen molar-refractivity contribution in [2.24, 2.45) is 0 Å². The predicted molar refractivity (Wildman–Crippen MR) is 308 cm³/mol. The molecule has 2 aliphatic heterocycles. The molecule has 2 aliphatic rings. The molecule has 0 bridgehead atoms. The zero-order valence-electron chi connectivity index (χ0n) is 44.2. The third-order valence-electron chi connectivity index (χ3n) is 13.5. The van der Waals surface area contributed by atoms with E-state index in [1.165, 1.54) is 24.8 Å². The number of phosphoric acid groups is 1. The molecule has 3 heterocycles. The number of sulfone groups is 1. The van der Waals surface area contributed by atoms with E-state index in [2.05, 4.69) is 55.3 Å². The Bertz CT molecular complexity index is 3340. The molecule has 0 amide bonds. The number of carboxylic acids is 1. The Labute approximate surface area is 469 Å². The molecule has 24 heteroatoms. The van der Waals surface area contributed by atoms with Gasteiger partial charge in [-0.3, -0.25) is 9.25 Å². The molecule has 426 valence electrons. The number of hydrogen-bond acceptors (Lipinski definition) is 12. The van der Waals surface area contributed by atoms with Gasteiger partial charge in [0.25, 0.3) is 9.84 Å². The van der Waals surface area contributed by atoms with E-state index in [9.17, 15) is 44.5 Å². The van der Waals surface area contributed by atoms with Crippen molar-refractivity contribution in [2.75, 3.05) is 77.7 Å². The second-order valence-electron chi connectivity index (χ2n) is 19.7. The molecule has 0 aliphatic carbocycles. The lowest BCUT2D eigenvalue weighted by molar-refractivity contribution is -0.0435. The molecule has 0 radical (unpaired) electrons. The Morgan fingerprint density at radius 2 is 1.43 bits per heavy atom. The van der Waals surface area contributed by atoms with Crippen LogP contribution in [-0.4, -0.2) is 123 Å². The molecule has 8 rings (SSSR count). The molecule has 0 unspecified atom stereocenters. The summed E-state index contributed by atoms with van der Waals surface area (Å²) in [5.74, 6) is -0.477. The summed E-state index contributed by atoms with van der Waals surface area (Å²) in [6.45, 7) is 12.3.